The summed E-state index contributed by atoms with van der Waals surface area (Å²) in [7, 11) is -4.67. The lowest BCUT2D eigenvalue weighted by Gasteiger charge is -2.10. The van der Waals surface area contributed by atoms with Crippen LogP contribution in [0.2, 0.25) is 0 Å². The van der Waals surface area contributed by atoms with Crippen molar-refractivity contribution in [3.8, 4) is 6.07 Å². The summed E-state index contributed by atoms with van der Waals surface area (Å²) in [6.45, 7) is 2.00. The van der Waals surface area contributed by atoms with Gasteiger partial charge in [-0.1, -0.05) is 19.1 Å². The van der Waals surface area contributed by atoms with Crippen LogP contribution in [0.3, 0.4) is 0 Å². The normalized spacial score (nSPS) is 14.6. The highest BCUT2D eigenvalue weighted by Gasteiger charge is 2.18. The molecule has 0 aliphatic rings. The first kappa shape index (κ1) is 15.8. The van der Waals surface area contributed by atoms with E-state index in [4.69, 9.17) is 5.26 Å². The molecule has 0 saturated carbocycles. The zero-order valence-electron chi connectivity index (χ0n) is 10.8. The van der Waals surface area contributed by atoms with Gasteiger partial charge in [-0.05, 0) is 18.6 Å². The molecule has 104 valence electrons. The van der Waals surface area contributed by atoms with Crippen LogP contribution < -0.4 is 4.72 Å². The Bertz CT molecular complexity index is 606. The summed E-state index contributed by atoms with van der Waals surface area (Å²) >= 11 is 0. The lowest BCUT2D eigenvalue weighted by molar-refractivity contribution is 0.577. The maximum absolute atomic E-state index is 12.0. The van der Waals surface area contributed by atoms with Gasteiger partial charge in [-0.2, -0.15) is 5.26 Å². The van der Waals surface area contributed by atoms with Gasteiger partial charge in [0.15, 0.2) is 0 Å². The molecule has 19 heavy (non-hydrogen) atoms. The van der Waals surface area contributed by atoms with Crippen LogP contribution in [-0.4, -0.2) is 30.7 Å². The molecule has 0 amide bonds. The number of benzene rings is 1. The minimum Gasteiger partial charge on any atom is -0.260 e. The molecule has 0 fully saturated rings. The van der Waals surface area contributed by atoms with Gasteiger partial charge in [-0.3, -0.25) is 4.21 Å². The highest BCUT2D eigenvalue weighted by Crippen LogP contribution is 2.14. The maximum Gasteiger partial charge on any atom is 0.241 e. The highest BCUT2D eigenvalue weighted by molar-refractivity contribution is 7.89. The third-order valence-corrected chi connectivity index (χ3v) is 5.59. The highest BCUT2D eigenvalue weighted by atomic mass is 32.2. The van der Waals surface area contributed by atoms with Crippen LogP contribution in [0.1, 0.15) is 18.9 Å². The molecule has 0 spiro atoms. The number of rotatable bonds is 6. The zero-order valence-corrected chi connectivity index (χ0v) is 12.4. The molecule has 2 unspecified atom stereocenters. The molecule has 0 radical (unpaired) electrons. The summed E-state index contributed by atoms with van der Waals surface area (Å²) in [6.07, 6.45) is 2.07. The Balaban J connectivity index is 2.77. The quantitative estimate of drug-likeness (QED) is 0.849. The monoisotopic (exact) mass is 300 g/mol. The molecule has 0 heterocycles. The Morgan fingerprint density at radius 2 is 2.05 bits per heavy atom. The van der Waals surface area contributed by atoms with E-state index in [0.29, 0.717) is 6.42 Å². The van der Waals surface area contributed by atoms with Gasteiger partial charge in [0, 0.05) is 28.9 Å². The Morgan fingerprint density at radius 3 is 2.63 bits per heavy atom. The van der Waals surface area contributed by atoms with Crippen molar-refractivity contribution in [3.63, 3.8) is 0 Å². The fourth-order valence-electron chi connectivity index (χ4n) is 1.43. The number of sulfonamides is 1. The molecule has 1 N–H and O–H groups in total. The third kappa shape index (κ3) is 4.42. The van der Waals surface area contributed by atoms with E-state index in [1.165, 1.54) is 12.1 Å². The standard InChI is InChI=1S/C12H16N2O3S2/c1-10(18(2)15)7-8-14-19(16,17)12-6-4-3-5-11(12)9-13/h3-6,10,14H,7-8H2,1-2H3. The Labute approximate surface area is 116 Å². The van der Waals surface area contributed by atoms with E-state index in [0.717, 1.165) is 0 Å². The Kier molecular flexibility index (Phi) is 5.66. The Hall–Kier alpha value is -1.23. The van der Waals surface area contributed by atoms with Crippen LogP contribution in [0.4, 0.5) is 0 Å². The minimum atomic E-state index is -3.70. The van der Waals surface area contributed by atoms with Crippen molar-refractivity contribution in [3.05, 3.63) is 29.8 Å². The second-order valence-corrected chi connectivity index (χ2v) is 7.64. The van der Waals surface area contributed by atoms with Crippen molar-refractivity contribution in [2.45, 2.75) is 23.5 Å². The zero-order chi connectivity index (χ0) is 14.5. The lowest BCUT2D eigenvalue weighted by atomic mass is 10.2. The van der Waals surface area contributed by atoms with E-state index >= 15 is 0 Å². The molecule has 1 rings (SSSR count). The first-order chi connectivity index (χ1) is 8.88. The molecule has 0 bridgehead atoms. The Morgan fingerprint density at radius 1 is 1.42 bits per heavy atom. The van der Waals surface area contributed by atoms with E-state index in [1.54, 1.807) is 25.3 Å². The van der Waals surface area contributed by atoms with Crippen LogP contribution >= 0.6 is 0 Å². The van der Waals surface area contributed by atoms with Gasteiger partial charge in [-0.25, -0.2) is 13.1 Å². The topological polar surface area (TPSA) is 87.0 Å². The van der Waals surface area contributed by atoms with Crippen LogP contribution in [-0.2, 0) is 20.8 Å². The van der Waals surface area contributed by atoms with Crippen LogP contribution in [0.15, 0.2) is 29.2 Å². The van der Waals surface area contributed by atoms with E-state index < -0.39 is 20.8 Å². The summed E-state index contributed by atoms with van der Waals surface area (Å²) in [4.78, 5) is -0.0252. The molecule has 0 saturated heterocycles. The van der Waals surface area contributed by atoms with Crippen molar-refractivity contribution in [2.24, 2.45) is 0 Å². The minimum absolute atomic E-state index is 0.0252. The number of nitrogens with one attached hydrogen (secondary N) is 1. The molecule has 0 aliphatic heterocycles. The van der Waals surface area contributed by atoms with Crippen molar-refractivity contribution in [1.29, 1.82) is 5.26 Å². The molecule has 2 atom stereocenters. The third-order valence-electron chi connectivity index (χ3n) is 2.71. The largest absolute Gasteiger partial charge is 0.260 e. The van der Waals surface area contributed by atoms with E-state index in [-0.39, 0.29) is 22.3 Å². The van der Waals surface area contributed by atoms with Gasteiger partial charge < -0.3 is 0 Å². The van der Waals surface area contributed by atoms with Crippen molar-refractivity contribution >= 4 is 20.8 Å². The number of hydrogen-bond acceptors (Lipinski definition) is 4. The first-order valence-electron chi connectivity index (χ1n) is 5.69. The average molecular weight is 300 g/mol. The van der Waals surface area contributed by atoms with E-state index in [9.17, 15) is 12.6 Å². The summed E-state index contributed by atoms with van der Waals surface area (Å²) in [5.41, 5.74) is 0.113. The maximum atomic E-state index is 12.0. The lowest BCUT2D eigenvalue weighted by Crippen LogP contribution is -2.28. The smallest absolute Gasteiger partial charge is 0.241 e. The molecule has 7 heteroatoms. The fourth-order valence-corrected chi connectivity index (χ4v) is 3.09. The van der Waals surface area contributed by atoms with Gasteiger partial charge >= 0.3 is 0 Å². The number of hydrogen-bond donors (Lipinski definition) is 1. The van der Waals surface area contributed by atoms with Gasteiger partial charge in [0.05, 0.1) is 10.5 Å². The second-order valence-electron chi connectivity index (χ2n) is 4.10. The van der Waals surface area contributed by atoms with Gasteiger partial charge in [0.2, 0.25) is 10.0 Å². The van der Waals surface area contributed by atoms with Crippen molar-refractivity contribution in [2.75, 3.05) is 12.8 Å². The summed E-state index contributed by atoms with van der Waals surface area (Å²) in [6, 6.07) is 7.88. The van der Waals surface area contributed by atoms with Gasteiger partial charge in [-0.15, -0.1) is 0 Å². The number of nitriles is 1. The molecule has 1 aromatic rings. The predicted octanol–water partition coefficient (Wildman–Crippen LogP) is 0.994. The predicted molar refractivity (Wildman–Crippen MR) is 74.5 cm³/mol. The summed E-state index contributed by atoms with van der Waals surface area (Å²) < 4.78 is 37.6. The van der Waals surface area contributed by atoms with Crippen LogP contribution in [0, 0.1) is 11.3 Å². The van der Waals surface area contributed by atoms with Crippen LogP contribution in [0.5, 0.6) is 0 Å². The molecule has 0 aromatic heterocycles. The van der Waals surface area contributed by atoms with Crippen LogP contribution in [0.25, 0.3) is 0 Å². The molecule has 5 nitrogen and oxygen atoms in total. The summed E-state index contributed by atoms with van der Waals surface area (Å²) in [5.74, 6) is 0. The first-order valence-corrected chi connectivity index (χ1v) is 8.80. The van der Waals surface area contributed by atoms with Gasteiger partial charge in [0.25, 0.3) is 0 Å². The van der Waals surface area contributed by atoms with E-state index in [1.807, 2.05) is 6.07 Å². The summed E-state index contributed by atoms with van der Waals surface area (Å²) in [5, 5.41) is 8.81. The fraction of sp³-hybridized carbons (Fsp3) is 0.417. The average Bonchev–Trinajstić information content (AvgIpc) is 2.38. The number of nitrogens with zero attached hydrogens (tertiary/aromatic N) is 1. The molecule has 0 aliphatic carbocycles. The SMILES string of the molecule is CC(CCNS(=O)(=O)c1ccccc1C#N)S(C)=O. The molecular weight excluding hydrogens is 284 g/mol. The van der Waals surface area contributed by atoms with Crippen molar-refractivity contribution in [1.82, 2.24) is 4.72 Å². The molecule has 1 aromatic carbocycles. The second kappa shape index (κ2) is 6.80. The van der Waals surface area contributed by atoms with E-state index in [2.05, 4.69) is 4.72 Å². The van der Waals surface area contributed by atoms with Gasteiger partial charge in [0.1, 0.15) is 6.07 Å². The van der Waals surface area contributed by atoms with Crippen molar-refractivity contribution < 1.29 is 12.6 Å². The molecular formula is C12H16N2O3S2.